The lowest BCUT2D eigenvalue weighted by molar-refractivity contribution is 0.0941. The Hall–Kier alpha value is -2.73. The second-order valence-corrected chi connectivity index (χ2v) is 6.01. The van der Waals surface area contributed by atoms with Crippen LogP contribution in [0, 0.1) is 5.92 Å². The molecule has 1 saturated heterocycles. The minimum Gasteiger partial charge on any atom is -0.381 e. The highest BCUT2D eigenvalue weighted by atomic mass is 16.5. The van der Waals surface area contributed by atoms with Crippen LogP contribution in [0.15, 0.2) is 42.7 Å². The number of rotatable bonds is 4. The third-order valence-corrected chi connectivity index (χ3v) is 4.35. The number of nitrogens with one attached hydrogen (secondary N) is 2. The zero-order valence-corrected chi connectivity index (χ0v) is 13.2. The van der Waals surface area contributed by atoms with E-state index in [0.29, 0.717) is 24.8 Å². The van der Waals surface area contributed by atoms with Gasteiger partial charge in [0.05, 0.1) is 12.1 Å². The van der Waals surface area contributed by atoms with E-state index in [2.05, 4.69) is 20.5 Å². The summed E-state index contributed by atoms with van der Waals surface area (Å²) in [5.74, 6) is 0.238. The lowest BCUT2D eigenvalue weighted by Crippen LogP contribution is -2.29. The second-order valence-electron chi connectivity index (χ2n) is 6.01. The maximum Gasteiger partial charge on any atom is 0.272 e. The standard InChI is InChI=1S/C18H18N4O2/c23-18(20-9-12-5-7-24-11-12)17-15-8-13(3-4-16(15)21-22-17)14-2-1-6-19-10-14/h1-4,6,8,10,12H,5,7,9,11H2,(H,20,23)(H,21,22). The molecule has 1 amide bonds. The number of fused-ring (bicyclic) bond motifs is 1. The Labute approximate surface area is 139 Å². The summed E-state index contributed by atoms with van der Waals surface area (Å²) in [6.07, 6.45) is 4.54. The molecular weight excluding hydrogens is 304 g/mol. The SMILES string of the molecule is O=C(NCC1CCOC1)c1n[nH]c2ccc(-c3cccnc3)cc12. The number of ether oxygens (including phenoxy) is 1. The topological polar surface area (TPSA) is 79.9 Å². The van der Waals surface area contributed by atoms with Crippen LogP contribution in [0.2, 0.25) is 0 Å². The number of hydrogen-bond donors (Lipinski definition) is 2. The molecule has 6 nitrogen and oxygen atoms in total. The molecule has 1 aliphatic rings. The van der Waals surface area contributed by atoms with E-state index in [1.54, 1.807) is 12.4 Å². The Morgan fingerprint density at radius 1 is 1.33 bits per heavy atom. The van der Waals surface area contributed by atoms with E-state index in [4.69, 9.17) is 4.74 Å². The summed E-state index contributed by atoms with van der Waals surface area (Å²) in [6, 6.07) is 9.80. The van der Waals surface area contributed by atoms with Crippen LogP contribution < -0.4 is 5.32 Å². The molecule has 2 N–H and O–H groups in total. The van der Waals surface area contributed by atoms with Crippen LogP contribution >= 0.6 is 0 Å². The highest BCUT2D eigenvalue weighted by Gasteiger charge is 2.19. The van der Waals surface area contributed by atoms with Crippen molar-refractivity contribution in [2.24, 2.45) is 5.92 Å². The van der Waals surface area contributed by atoms with E-state index in [1.807, 2.05) is 30.3 Å². The molecular formula is C18H18N4O2. The monoisotopic (exact) mass is 322 g/mol. The normalized spacial score (nSPS) is 17.2. The van der Waals surface area contributed by atoms with Gasteiger partial charge in [0.25, 0.3) is 5.91 Å². The van der Waals surface area contributed by atoms with Gasteiger partial charge in [-0.1, -0.05) is 12.1 Å². The van der Waals surface area contributed by atoms with Gasteiger partial charge in [-0.25, -0.2) is 0 Å². The molecule has 0 saturated carbocycles. The number of amides is 1. The van der Waals surface area contributed by atoms with Crippen LogP contribution in [0.1, 0.15) is 16.9 Å². The average Bonchev–Trinajstić information content (AvgIpc) is 3.29. The fourth-order valence-electron chi connectivity index (χ4n) is 2.97. The Balaban J connectivity index is 1.59. The summed E-state index contributed by atoms with van der Waals surface area (Å²) >= 11 is 0. The fourth-order valence-corrected chi connectivity index (χ4v) is 2.97. The second kappa shape index (κ2) is 6.41. The number of carbonyl (C=O) groups is 1. The molecule has 0 aliphatic carbocycles. The molecule has 1 atom stereocenters. The van der Waals surface area contributed by atoms with Crippen molar-refractivity contribution in [2.75, 3.05) is 19.8 Å². The number of nitrogens with zero attached hydrogens (tertiary/aromatic N) is 2. The van der Waals surface area contributed by atoms with Gasteiger partial charge in [-0.3, -0.25) is 14.9 Å². The lowest BCUT2D eigenvalue weighted by Gasteiger charge is -2.08. The maximum absolute atomic E-state index is 12.5. The van der Waals surface area contributed by atoms with Crippen LogP contribution in [0.3, 0.4) is 0 Å². The zero-order valence-electron chi connectivity index (χ0n) is 13.2. The van der Waals surface area contributed by atoms with Gasteiger partial charge in [-0.05, 0) is 30.2 Å². The van der Waals surface area contributed by atoms with Crippen molar-refractivity contribution in [1.29, 1.82) is 0 Å². The van der Waals surface area contributed by atoms with Gasteiger partial charge >= 0.3 is 0 Å². The minimum absolute atomic E-state index is 0.156. The predicted molar refractivity (Wildman–Crippen MR) is 90.6 cm³/mol. The molecule has 0 radical (unpaired) electrons. The Bertz CT molecular complexity index is 854. The molecule has 122 valence electrons. The smallest absolute Gasteiger partial charge is 0.272 e. The van der Waals surface area contributed by atoms with Crippen LogP contribution in [0.5, 0.6) is 0 Å². The molecule has 3 heterocycles. The maximum atomic E-state index is 12.5. The number of aromatic nitrogens is 3. The summed E-state index contributed by atoms with van der Waals surface area (Å²) in [6.45, 7) is 2.11. The van der Waals surface area contributed by atoms with E-state index >= 15 is 0 Å². The van der Waals surface area contributed by atoms with Crippen molar-refractivity contribution < 1.29 is 9.53 Å². The fraction of sp³-hybridized carbons (Fsp3) is 0.278. The number of aromatic amines is 1. The van der Waals surface area contributed by atoms with Gasteiger partial charge in [0.15, 0.2) is 5.69 Å². The number of hydrogen-bond acceptors (Lipinski definition) is 4. The molecule has 1 aromatic carbocycles. The van der Waals surface area contributed by atoms with E-state index in [1.165, 1.54) is 0 Å². The Morgan fingerprint density at radius 3 is 3.08 bits per heavy atom. The summed E-state index contributed by atoms with van der Waals surface area (Å²) in [4.78, 5) is 16.6. The summed E-state index contributed by atoms with van der Waals surface area (Å²) in [5, 5.41) is 10.9. The van der Waals surface area contributed by atoms with Gasteiger partial charge in [-0.2, -0.15) is 5.10 Å². The molecule has 0 bridgehead atoms. The largest absolute Gasteiger partial charge is 0.381 e. The molecule has 1 unspecified atom stereocenters. The van der Waals surface area contributed by atoms with Crippen molar-refractivity contribution >= 4 is 16.8 Å². The zero-order chi connectivity index (χ0) is 16.4. The van der Waals surface area contributed by atoms with Crippen molar-refractivity contribution in [3.8, 4) is 11.1 Å². The van der Waals surface area contributed by atoms with Gasteiger partial charge < -0.3 is 10.1 Å². The first-order valence-electron chi connectivity index (χ1n) is 8.06. The molecule has 6 heteroatoms. The molecule has 1 fully saturated rings. The molecule has 4 rings (SSSR count). The number of H-pyrrole nitrogens is 1. The van der Waals surface area contributed by atoms with Gasteiger partial charge in [-0.15, -0.1) is 0 Å². The van der Waals surface area contributed by atoms with Crippen molar-refractivity contribution in [3.05, 3.63) is 48.4 Å². The first kappa shape index (κ1) is 14.8. The van der Waals surface area contributed by atoms with Crippen LogP contribution in [0.25, 0.3) is 22.0 Å². The number of pyridine rings is 1. The first-order valence-corrected chi connectivity index (χ1v) is 8.06. The van der Waals surface area contributed by atoms with Crippen molar-refractivity contribution in [1.82, 2.24) is 20.5 Å². The van der Waals surface area contributed by atoms with Crippen molar-refractivity contribution in [3.63, 3.8) is 0 Å². The number of benzene rings is 1. The van der Waals surface area contributed by atoms with E-state index in [0.717, 1.165) is 35.1 Å². The third-order valence-electron chi connectivity index (χ3n) is 4.35. The Morgan fingerprint density at radius 2 is 2.29 bits per heavy atom. The van der Waals surface area contributed by atoms with Crippen molar-refractivity contribution in [2.45, 2.75) is 6.42 Å². The average molecular weight is 322 g/mol. The van der Waals surface area contributed by atoms with E-state index < -0.39 is 0 Å². The van der Waals surface area contributed by atoms with Gasteiger partial charge in [0.1, 0.15) is 0 Å². The van der Waals surface area contributed by atoms with E-state index in [9.17, 15) is 4.79 Å². The molecule has 24 heavy (non-hydrogen) atoms. The predicted octanol–water partition coefficient (Wildman–Crippen LogP) is 2.39. The quantitative estimate of drug-likeness (QED) is 0.773. The summed E-state index contributed by atoms with van der Waals surface area (Å²) in [7, 11) is 0. The highest BCUT2D eigenvalue weighted by molar-refractivity contribution is 6.05. The minimum atomic E-state index is -0.156. The van der Waals surface area contributed by atoms with E-state index in [-0.39, 0.29) is 5.91 Å². The summed E-state index contributed by atoms with van der Waals surface area (Å²) in [5.41, 5.74) is 3.29. The highest BCUT2D eigenvalue weighted by Crippen LogP contribution is 2.24. The number of carbonyl (C=O) groups excluding carboxylic acids is 1. The van der Waals surface area contributed by atoms with Gasteiger partial charge in [0, 0.05) is 42.4 Å². The van der Waals surface area contributed by atoms with Crippen LogP contribution in [-0.2, 0) is 4.74 Å². The third kappa shape index (κ3) is 2.88. The lowest BCUT2D eigenvalue weighted by atomic mass is 10.0. The van der Waals surface area contributed by atoms with Gasteiger partial charge in [0.2, 0.25) is 0 Å². The summed E-state index contributed by atoms with van der Waals surface area (Å²) < 4.78 is 5.34. The van der Waals surface area contributed by atoms with Crippen LogP contribution in [-0.4, -0.2) is 40.8 Å². The van der Waals surface area contributed by atoms with Crippen LogP contribution in [0.4, 0.5) is 0 Å². The molecule has 3 aromatic rings. The first-order chi connectivity index (χ1) is 11.8. The Kier molecular flexibility index (Phi) is 3.96. The molecule has 0 spiro atoms. The molecule has 2 aromatic heterocycles. The molecule has 1 aliphatic heterocycles.